The molecule has 0 saturated carbocycles. The van der Waals surface area contributed by atoms with Crippen molar-refractivity contribution in [2.75, 3.05) is 32.8 Å². The van der Waals surface area contributed by atoms with Crippen LogP contribution in [0.15, 0.2) is 0 Å². The normalized spacial score (nSPS) is 33.4. The largest absolute Gasteiger partial charge is 0.378 e. The number of nitrogens with zero attached hydrogens (tertiary/aromatic N) is 1. The number of carbonyl (C=O) groups excluding carboxylic acids is 1. The monoisotopic (exact) mass is 199 g/mol. The molecular weight excluding hydrogens is 182 g/mol. The molecule has 0 aromatic carbocycles. The zero-order valence-electron chi connectivity index (χ0n) is 8.24. The predicted octanol–water partition coefficient (Wildman–Crippen LogP) is -1.47. The van der Waals surface area contributed by atoms with Crippen LogP contribution in [0.3, 0.4) is 0 Å². The number of rotatable bonds is 1. The minimum Gasteiger partial charge on any atom is -0.378 e. The van der Waals surface area contributed by atoms with Gasteiger partial charge in [0.25, 0.3) is 0 Å². The molecular formula is C9H17N3O2. The van der Waals surface area contributed by atoms with Crippen molar-refractivity contribution in [2.24, 2.45) is 5.73 Å². The first kappa shape index (κ1) is 9.89. The summed E-state index contributed by atoms with van der Waals surface area (Å²) in [5.74, 6) is 0.137. The van der Waals surface area contributed by atoms with E-state index in [9.17, 15) is 4.79 Å². The molecule has 0 spiro atoms. The Morgan fingerprint density at radius 2 is 2.43 bits per heavy atom. The summed E-state index contributed by atoms with van der Waals surface area (Å²) < 4.78 is 5.25. The van der Waals surface area contributed by atoms with Crippen LogP contribution in [0.1, 0.15) is 6.42 Å². The Hall–Kier alpha value is -0.650. The molecule has 1 amide bonds. The van der Waals surface area contributed by atoms with Gasteiger partial charge in [-0.1, -0.05) is 0 Å². The number of morpholine rings is 1. The fourth-order valence-corrected chi connectivity index (χ4v) is 1.93. The van der Waals surface area contributed by atoms with Crippen molar-refractivity contribution in [3.63, 3.8) is 0 Å². The summed E-state index contributed by atoms with van der Waals surface area (Å²) in [6, 6.07) is -0.00231. The fourth-order valence-electron chi connectivity index (χ4n) is 1.93. The van der Waals surface area contributed by atoms with Gasteiger partial charge in [-0.3, -0.25) is 4.79 Å². The smallest absolute Gasteiger partial charge is 0.242 e. The number of ether oxygens (including phenoxy) is 1. The topological polar surface area (TPSA) is 67.6 Å². The van der Waals surface area contributed by atoms with Gasteiger partial charge in [0.05, 0.1) is 13.2 Å². The van der Waals surface area contributed by atoms with Crippen molar-refractivity contribution in [1.29, 1.82) is 0 Å². The van der Waals surface area contributed by atoms with E-state index in [4.69, 9.17) is 10.5 Å². The number of likely N-dealkylation sites (tertiary alicyclic amines) is 1. The van der Waals surface area contributed by atoms with Crippen LogP contribution in [0.4, 0.5) is 0 Å². The zero-order chi connectivity index (χ0) is 9.97. The molecule has 80 valence electrons. The number of amides is 1. The van der Waals surface area contributed by atoms with Gasteiger partial charge in [0.1, 0.15) is 6.04 Å². The van der Waals surface area contributed by atoms with Crippen molar-refractivity contribution in [1.82, 2.24) is 10.2 Å². The van der Waals surface area contributed by atoms with E-state index in [1.807, 2.05) is 4.90 Å². The second-order valence-electron chi connectivity index (χ2n) is 3.91. The Balaban J connectivity index is 1.87. The van der Waals surface area contributed by atoms with Crippen LogP contribution in [0, 0.1) is 0 Å². The molecule has 0 aromatic rings. The highest BCUT2D eigenvalue weighted by atomic mass is 16.5. The lowest BCUT2D eigenvalue weighted by atomic mass is 10.2. The Bertz CT molecular complexity index is 209. The van der Waals surface area contributed by atoms with Crippen LogP contribution in [-0.2, 0) is 9.53 Å². The highest BCUT2D eigenvalue weighted by Crippen LogP contribution is 2.09. The summed E-state index contributed by atoms with van der Waals surface area (Å²) in [4.78, 5) is 13.7. The minimum atomic E-state index is -0.158. The lowest BCUT2D eigenvalue weighted by Crippen LogP contribution is -2.52. The molecule has 0 aliphatic carbocycles. The van der Waals surface area contributed by atoms with E-state index in [-0.39, 0.29) is 18.0 Å². The third kappa shape index (κ3) is 2.05. The van der Waals surface area contributed by atoms with E-state index < -0.39 is 0 Å². The van der Waals surface area contributed by atoms with Gasteiger partial charge in [0.2, 0.25) is 5.91 Å². The van der Waals surface area contributed by atoms with Crippen LogP contribution in [0.5, 0.6) is 0 Å². The van der Waals surface area contributed by atoms with E-state index in [2.05, 4.69) is 5.32 Å². The van der Waals surface area contributed by atoms with Gasteiger partial charge in [0, 0.05) is 25.7 Å². The predicted molar refractivity (Wildman–Crippen MR) is 51.8 cm³/mol. The van der Waals surface area contributed by atoms with E-state index in [1.165, 1.54) is 0 Å². The van der Waals surface area contributed by atoms with Crippen LogP contribution in [0.2, 0.25) is 0 Å². The molecule has 2 aliphatic heterocycles. The summed E-state index contributed by atoms with van der Waals surface area (Å²) in [5.41, 5.74) is 5.75. The Labute approximate surface area is 83.6 Å². The molecule has 3 N–H and O–H groups in total. The summed E-state index contributed by atoms with van der Waals surface area (Å²) in [7, 11) is 0. The van der Waals surface area contributed by atoms with Crippen molar-refractivity contribution in [3.8, 4) is 0 Å². The van der Waals surface area contributed by atoms with Gasteiger partial charge in [-0.2, -0.15) is 0 Å². The average Bonchev–Trinajstić information content (AvgIpc) is 2.65. The molecule has 0 unspecified atom stereocenters. The maximum absolute atomic E-state index is 11.9. The van der Waals surface area contributed by atoms with Crippen molar-refractivity contribution in [3.05, 3.63) is 0 Å². The highest BCUT2D eigenvalue weighted by Gasteiger charge is 2.30. The lowest BCUT2D eigenvalue weighted by molar-refractivity contribution is -0.135. The molecule has 2 rings (SSSR count). The first-order chi connectivity index (χ1) is 6.77. The second-order valence-corrected chi connectivity index (χ2v) is 3.91. The van der Waals surface area contributed by atoms with Crippen LogP contribution < -0.4 is 11.1 Å². The number of nitrogens with one attached hydrogen (secondary N) is 1. The van der Waals surface area contributed by atoms with Crippen molar-refractivity contribution < 1.29 is 9.53 Å². The maximum Gasteiger partial charge on any atom is 0.242 e. The Morgan fingerprint density at radius 1 is 1.57 bits per heavy atom. The number of carbonyl (C=O) groups is 1. The third-order valence-corrected chi connectivity index (χ3v) is 2.76. The molecule has 2 aliphatic rings. The molecule has 5 nitrogen and oxygen atoms in total. The van der Waals surface area contributed by atoms with Gasteiger partial charge in [-0.25, -0.2) is 0 Å². The number of hydrogen-bond acceptors (Lipinski definition) is 4. The maximum atomic E-state index is 11.9. The number of nitrogens with two attached hydrogens (primary N) is 1. The number of hydrogen-bond donors (Lipinski definition) is 2. The standard InChI is InChI=1S/C9H17N3O2/c10-7-1-3-12(5-7)9(13)8-6-14-4-2-11-8/h7-8,11H,1-6,10H2/t7-,8-/m1/s1. The quantitative estimate of drug-likeness (QED) is 0.541. The molecule has 2 fully saturated rings. The summed E-state index contributed by atoms with van der Waals surface area (Å²) in [6.45, 7) is 3.43. The van der Waals surface area contributed by atoms with E-state index >= 15 is 0 Å². The molecule has 2 atom stereocenters. The first-order valence-electron chi connectivity index (χ1n) is 5.13. The Kier molecular flexibility index (Phi) is 3.00. The van der Waals surface area contributed by atoms with Gasteiger partial charge < -0.3 is 20.7 Å². The highest BCUT2D eigenvalue weighted by molar-refractivity contribution is 5.82. The molecule has 0 aromatic heterocycles. The van der Waals surface area contributed by atoms with Gasteiger partial charge in [-0.05, 0) is 6.42 Å². The molecule has 5 heteroatoms. The molecule has 2 heterocycles. The van der Waals surface area contributed by atoms with Gasteiger partial charge in [-0.15, -0.1) is 0 Å². The summed E-state index contributed by atoms with van der Waals surface area (Å²) in [6.07, 6.45) is 0.916. The molecule has 14 heavy (non-hydrogen) atoms. The lowest BCUT2D eigenvalue weighted by Gasteiger charge is -2.27. The van der Waals surface area contributed by atoms with Gasteiger partial charge >= 0.3 is 0 Å². The molecule has 2 saturated heterocycles. The minimum absolute atomic E-state index is 0.137. The average molecular weight is 199 g/mol. The van der Waals surface area contributed by atoms with Crippen LogP contribution in [-0.4, -0.2) is 55.7 Å². The van der Waals surface area contributed by atoms with E-state index in [0.29, 0.717) is 19.8 Å². The third-order valence-electron chi connectivity index (χ3n) is 2.76. The zero-order valence-corrected chi connectivity index (χ0v) is 8.24. The molecule has 0 bridgehead atoms. The van der Waals surface area contributed by atoms with Crippen LogP contribution >= 0.6 is 0 Å². The second kappa shape index (κ2) is 4.25. The van der Waals surface area contributed by atoms with Crippen molar-refractivity contribution in [2.45, 2.75) is 18.5 Å². The SMILES string of the molecule is N[C@@H]1CCN(C(=O)[C@H]2COCCN2)C1. The van der Waals surface area contributed by atoms with Crippen molar-refractivity contribution >= 4 is 5.91 Å². The van der Waals surface area contributed by atoms with E-state index in [1.54, 1.807) is 0 Å². The first-order valence-corrected chi connectivity index (χ1v) is 5.13. The summed E-state index contributed by atoms with van der Waals surface area (Å²) >= 11 is 0. The summed E-state index contributed by atoms with van der Waals surface area (Å²) in [5, 5.41) is 3.15. The molecule has 0 radical (unpaired) electrons. The van der Waals surface area contributed by atoms with Gasteiger partial charge in [0.15, 0.2) is 0 Å². The van der Waals surface area contributed by atoms with E-state index in [0.717, 1.165) is 19.5 Å². The Morgan fingerprint density at radius 3 is 3.00 bits per heavy atom. The fraction of sp³-hybridized carbons (Fsp3) is 0.889. The van der Waals surface area contributed by atoms with Crippen LogP contribution in [0.25, 0.3) is 0 Å².